The van der Waals surface area contributed by atoms with Gasteiger partial charge in [0.2, 0.25) is 0 Å². The van der Waals surface area contributed by atoms with Gasteiger partial charge in [0.1, 0.15) is 11.9 Å². The number of hydrogen-bond acceptors (Lipinski definition) is 6. The molecule has 0 N–H and O–H groups in total. The number of rotatable bonds is 2. The lowest BCUT2D eigenvalue weighted by Crippen LogP contribution is -2.32. The van der Waals surface area contributed by atoms with E-state index in [0.29, 0.717) is 5.56 Å². The highest BCUT2D eigenvalue weighted by molar-refractivity contribution is 7.15. The number of aryl methyl sites for hydroxylation is 3. The summed E-state index contributed by atoms with van der Waals surface area (Å²) in [7, 11) is 0. The zero-order valence-electron chi connectivity index (χ0n) is 15.1. The van der Waals surface area contributed by atoms with E-state index in [0.717, 1.165) is 52.9 Å². The van der Waals surface area contributed by atoms with Crippen LogP contribution >= 0.6 is 11.3 Å². The summed E-state index contributed by atoms with van der Waals surface area (Å²) in [5.74, 6) is 0.949. The fourth-order valence-corrected chi connectivity index (χ4v) is 4.39. The molecule has 0 amide bonds. The molecule has 4 rings (SSSR count). The topological polar surface area (TPSA) is 65.7 Å². The number of aromatic nitrogens is 3. The van der Waals surface area contributed by atoms with Crippen LogP contribution in [0.3, 0.4) is 0 Å². The molecule has 26 heavy (non-hydrogen) atoms. The van der Waals surface area contributed by atoms with Gasteiger partial charge in [0.05, 0.1) is 21.1 Å². The standard InChI is InChI=1S/C20H19N5S/c1-12-6-15(8-21)9-23-20(12)25-5-4-18-17(11-25)7-16(10-22-18)19-13(2)24-14(3)26-19/h6-7,9-10H,4-5,11H2,1-3H3. The SMILES string of the molecule is Cc1nc(C)c(-c2cnc3c(c2)CN(c2ncc(C#N)cc2C)CC3)s1. The highest BCUT2D eigenvalue weighted by Gasteiger charge is 2.21. The molecule has 0 bridgehead atoms. The lowest BCUT2D eigenvalue weighted by Gasteiger charge is -2.30. The monoisotopic (exact) mass is 361 g/mol. The second-order valence-corrected chi connectivity index (χ2v) is 7.83. The van der Waals surface area contributed by atoms with Crippen LogP contribution in [0.5, 0.6) is 0 Å². The molecule has 0 saturated heterocycles. The zero-order chi connectivity index (χ0) is 18.3. The molecule has 4 heterocycles. The quantitative estimate of drug-likeness (QED) is 0.691. The van der Waals surface area contributed by atoms with Crippen molar-refractivity contribution in [2.45, 2.75) is 33.7 Å². The Balaban J connectivity index is 1.67. The van der Waals surface area contributed by atoms with Gasteiger partial charge in [0.15, 0.2) is 0 Å². The molecule has 1 aliphatic heterocycles. The van der Waals surface area contributed by atoms with E-state index in [2.05, 4.69) is 33.9 Å². The summed E-state index contributed by atoms with van der Waals surface area (Å²) in [6.45, 7) is 7.77. The van der Waals surface area contributed by atoms with Crippen molar-refractivity contribution in [1.82, 2.24) is 15.0 Å². The van der Waals surface area contributed by atoms with E-state index >= 15 is 0 Å². The summed E-state index contributed by atoms with van der Waals surface area (Å²) < 4.78 is 0. The number of fused-ring (bicyclic) bond motifs is 1. The van der Waals surface area contributed by atoms with Crippen molar-refractivity contribution in [3.8, 4) is 16.5 Å². The fourth-order valence-electron chi connectivity index (χ4n) is 3.49. The molecule has 0 atom stereocenters. The van der Waals surface area contributed by atoms with Crippen LogP contribution in [0.4, 0.5) is 5.82 Å². The van der Waals surface area contributed by atoms with E-state index in [1.807, 2.05) is 26.1 Å². The first-order chi connectivity index (χ1) is 12.5. The van der Waals surface area contributed by atoms with Crippen LogP contribution in [0, 0.1) is 32.1 Å². The van der Waals surface area contributed by atoms with Gasteiger partial charge in [-0.05, 0) is 44.0 Å². The molecule has 130 valence electrons. The Morgan fingerprint density at radius 2 is 2.00 bits per heavy atom. The van der Waals surface area contributed by atoms with Crippen LogP contribution in [0.25, 0.3) is 10.4 Å². The average molecular weight is 361 g/mol. The lowest BCUT2D eigenvalue weighted by molar-refractivity contribution is 0.701. The van der Waals surface area contributed by atoms with Crippen molar-refractivity contribution in [3.05, 3.63) is 57.6 Å². The third-order valence-corrected chi connectivity index (χ3v) is 5.81. The predicted octanol–water partition coefficient (Wildman–Crippen LogP) is 3.96. The minimum Gasteiger partial charge on any atom is -0.352 e. The second kappa shape index (κ2) is 6.50. The molecule has 5 nitrogen and oxygen atoms in total. The fraction of sp³-hybridized carbons (Fsp3) is 0.300. The zero-order valence-corrected chi connectivity index (χ0v) is 15.9. The Morgan fingerprint density at radius 3 is 2.69 bits per heavy atom. The van der Waals surface area contributed by atoms with Crippen molar-refractivity contribution in [1.29, 1.82) is 5.26 Å². The molecule has 0 spiro atoms. The minimum atomic E-state index is 0.601. The lowest BCUT2D eigenvalue weighted by atomic mass is 10.0. The summed E-state index contributed by atoms with van der Waals surface area (Å²) in [4.78, 5) is 17.2. The first kappa shape index (κ1) is 16.7. The van der Waals surface area contributed by atoms with Crippen LogP contribution < -0.4 is 4.90 Å². The van der Waals surface area contributed by atoms with Gasteiger partial charge in [-0.15, -0.1) is 11.3 Å². The maximum absolute atomic E-state index is 9.04. The minimum absolute atomic E-state index is 0.601. The molecule has 3 aromatic rings. The number of nitrogens with zero attached hydrogens (tertiary/aromatic N) is 5. The Bertz CT molecular complexity index is 1030. The molecule has 0 unspecified atom stereocenters. The molecule has 0 saturated carbocycles. The highest BCUT2D eigenvalue weighted by Crippen LogP contribution is 2.32. The Labute approximate surface area is 157 Å². The number of hydrogen-bond donors (Lipinski definition) is 0. The van der Waals surface area contributed by atoms with E-state index in [1.54, 1.807) is 17.5 Å². The van der Waals surface area contributed by atoms with Gasteiger partial charge in [-0.25, -0.2) is 9.97 Å². The van der Waals surface area contributed by atoms with Gasteiger partial charge in [-0.3, -0.25) is 4.98 Å². The molecular formula is C20H19N5S. The van der Waals surface area contributed by atoms with Gasteiger partial charge in [-0.1, -0.05) is 0 Å². The first-order valence-electron chi connectivity index (χ1n) is 8.59. The maximum atomic E-state index is 9.04. The number of anilines is 1. The van der Waals surface area contributed by atoms with E-state index in [4.69, 9.17) is 10.2 Å². The summed E-state index contributed by atoms with van der Waals surface area (Å²) >= 11 is 1.71. The van der Waals surface area contributed by atoms with Gasteiger partial charge < -0.3 is 4.90 Å². The molecule has 0 aliphatic carbocycles. The van der Waals surface area contributed by atoms with Gasteiger partial charge >= 0.3 is 0 Å². The average Bonchev–Trinajstić information content (AvgIpc) is 2.99. The van der Waals surface area contributed by atoms with Crippen LogP contribution in [0.2, 0.25) is 0 Å². The third kappa shape index (κ3) is 2.95. The summed E-state index contributed by atoms with van der Waals surface area (Å²) in [5.41, 5.74) is 6.24. The highest BCUT2D eigenvalue weighted by atomic mass is 32.1. The third-order valence-electron chi connectivity index (χ3n) is 4.68. The molecule has 6 heteroatoms. The molecule has 1 aliphatic rings. The maximum Gasteiger partial charge on any atom is 0.131 e. The van der Waals surface area contributed by atoms with Crippen LogP contribution in [0.15, 0.2) is 24.5 Å². The molecule has 0 aromatic carbocycles. The van der Waals surface area contributed by atoms with Gasteiger partial charge in [0.25, 0.3) is 0 Å². The van der Waals surface area contributed by atoms with E-state index in [1.165, 1.54) is 10.4 Å². The Hall–Kier alpha value is -2.78. The van der Waals surface area contributed by atoms with E-state index < -0.39 is 0 Å². The number of nitriles is 1. The molecular weight excluding hydrogens is 342 g/mol. The Morgan fingerprint density at radius 1 is 1.15 bits per heavy atom. The van der Waals surface area contributed by atoms with Crippen LogP contribution in [-0.4, -0.2) is 21.5 Å². The van der Waals surface area contributed by atoms with Crippen molar-refractivity contribution in [3.63, 3.8) is 0 Å². The smallest absolute Gasteiger partial charge is 0.131 e. The normalized spacial score (nSPS) is 13.4. The van der Waals surface area contributed by atoms with Crippen molar-refractivity contribution in [2.24, 2.45) is 0 Å². The predicted molar refractivity (Wildman–Crippen MR) is 103 cm³/mol. The Kier molecular flexibility index (Phi) is 4.17. The number of pyridine rings is 2. The summed E-state index contributed by atoms with van der Waals surface area (Å²) in [6, 6.07) is 6.29. The largest absolute Gasteiger partial charge is 0.352 e. The van der Waals surface area contributed by atoms with E-state index in [-0.39, 0.29) is 0 Å². The number of thiazole rings is 1. The van der Waals surface area contributed by atoms with Crippen molar-refractivity contribution in [2.75, 3.05) is 11.4 Å². The van der Waals surface area contributed by atoms with Crippen LogP contribution in [-0.2, 0) is 13.0 Å². The second-order valence-electron chi connectivity index (χ2n) is 6.63. The molecule has 0 radical (unpaired) electrons. The first-order valence-corrected chi connectivity index (χ1v) is 9.40. The van der Waals surface area contributed by atoms with Gasteiger partial charge in [-0.2, -0.15) is 5.26 Å². The summed E-state index contributed by atoms with van der Waals surface area (Å²) in [6.07, 6.45) is 4.52. The van der Waals surface area contributed by atoms with Crippen LogP contribution in [0.1, 0.15) is 33.1 Å². The summed E-state index contributed by atoms with van der Waals surface area (Å²) in [5, 5.41) is 10.1. The van der Waals surface area contributed by atoms with Crippen molar-refractivity contribution >= 4 is 17.2 Å². The molecule has 3 aromatic heterocycles. The van der Waals surface area contributed by atoms with E-state index in [9.17, 15) is 0 Å². The van der Waals surface area contributed by atoms with Crippen molar-refractivity contribution < 1.29 is 0 Å². The molecule has 0 fully saturated rings. The van der Waals surface area contributed by atoms with Gasteiger partial charge in [0, 0.05) is 43.2 Å².